The molecule has 0 fully saturated rings. The van der Waals surface area contributed by atoms with Gasteiger partial charge in [-0.25, -0.2) is 5.41 Å². The van der Waals surface area contributed by atoms with Gasteiger partial charge in [0.1, 0.15) is 0 Å². The molecule has 1 aromatic heterocycles. The second-order valence-electron chi connectivity index (χ2n) is 3.22. The highest BCUT2D eigenvalue weighted by Crippen LogP contribution is 2.11. The summed E-state index contributed by atoms with van der Waals surface area (Å²) in [7, 11) is 3.82. The number of aromatic nitrogens is 4. The van der Waals surface area contributed by atoms with Gasteiger partial charge in [-0.2, -0.15) is 4.68 Å². The van der Waals surface area contributed by atoms with Crippen LogP contribution in [-0.2, 0) is 0 Å². The normalized spacial score (nSPS) is 8.82. The molecule has 1 N–H and O–H groups in total. The molecule has 0 saturated carbocycles. The fourth-order valence-corrected chi connectivity index (χ4v) is 1.20. The minimum atomic E-state index is 0.719. The zero-order chi connectivity index (χ0) is 12.7. The van der Waals surface area contributed by atoms with E-state index in [1.54, 1.807) is 9.84 Å². The Labute approximate surface area is 104 Å². The maximum Gasteiger partial charge on any atom is 0.249 e. The van der Waals surface area contributed by atoms with Crippen LogP contribution in [0.5, 0.6) is 0 Å². The van der Waals surface area contributed by atoms with Crippen molar-refractivity contribution in [3.8, 4) is 5.69 Å². The van der Waals surface area contributed by atoms with Crippen molar-refractivity contribution in [1.29, 1.82) is 5.41 Å². The summed E-state index contributed by atoms with van der Waals surface area (Å²) in [6, 6.07) is 9.79. The first kappa shape index (κ1) is 13.0. The van der Waals surface area contributed by atoms with Crippen LogP contribution >= 0.6 is 12.2 Å². The van der Waals surface area contributed by atoms with Crippen LogP contribution < -0.4 is 4.90 Å². The Hall–Kier alpha value is -2.11. The fraction of sp³-hybridized carbons (Fsp3) is 0.200. The number of nitrogens with one attached hydrogen (secondary N) is 1. The number of thiocarbonyl (C=S) groups is 1. The van der Waals surface area contributed by atoms with Gasteiger partial charge in [0.15, 0.2) is 0 Å². The van der Waals surface area contributed by atoms with Crippen LogP contribution in [-0.4, -0.2) is 39.5 Å². The van der Waals surface area contributed by atoms with Gasteiger partial charge < -0.3 is 4.90 Å². The topological polar surface area (TPSA) is 70.7 Å². The summed E-state index contributed by atoms with van der Waals surface area (Å²) in [5.41, 5.74) is 0.959. The van der Waals surface area contributed by atoms with Gasteiger partial charge in [-0.05, 0) is 34.8 Å². The van der Waals surface area contributed by atoms with E-state index in [9.17, 15) is 0 Å². The van der Waals surface area contributed by atoms with E-state index in [-0.39, 0.29) is 0 Å². The summed E-state index contributed by atoms with van der Waals surface area (Å²) in [5.74, 6) is 0.719. The predicted octanol–water partition coefficient (Wildman–Crippen LogP) is 1.40. The molecule has 88 valence electrons. The van der Waals surface area contributed by atoms with E-state index in [1.807, 2.05) is 49.3 Å². The summed E-state index contributed by atoms with van der Waals surface area (Å²) in [6.07, 6.45) is 0. The Kier molecular flexibility index (Phi) is 4.93. The van der Waals surface area contributed by atoms with E-state index in [2.05, 4.69) is 27.7 Å². The Bertz CT molecular complexity index is 487. The van der Waals surface area contributed by atoms with Gasteiger partial charge in [0.2, 0.25) is 5.95 Å². The average molecular weight is 248 g/mol. The third kappa shape index (κ3) is 3.44. The van der Waals surface area contributed by atoms with Crippen molar-refractivity contribution >= 4 is 23.3 Å². The number of benzene rings is 1. The second-order valence-corrected chi connectivity index (χ2v) is 3.43. The number of hydrogen-bond donors (Lipinski definition) is 1. The molecule has 17 heavy (non-hydrogen) atoms. The molecule has 1 aromatic carbocycles. The average Bonchev–Trinajstić information content (AvgIpc) is 2.80. The highest BCUT2D eigenvalue weighted by atomic mass is 32.1. The van der Waals surface area contributed by atoms with Gasteiger partial charge in [0, 0.05) is 14.1 Å². The number of tetrazole rings is 1. The molecular weight excluding hydrogens is 236 g/mol. The van der Waals surface area contributed by atoms with Crippen molar-refractivity contribution < 1.29 is 0 Å². The van der Waals surface area contributed by atoms with E-state index < -0.39 is 0 Å². The Balaban J connectivity index is 0.000000437. The summed E-state index contributed by atoms with van der Waals surface area (Å²) < 4.78 is 1.69. The summed E-state index contributed by atoms with van der Waals surface area (Å²) in [6.45, 7) is 0. The highest BCUT2D eigenvalue weighted by molar-refractivity contribution is 7.78. The Morgan fingerprint density at radius 3 is 2.41 bits per heavy atom. The molecule has 0 aliphatic heterocycles. The van der Waals surface area contributed by atoms with Crippen molar-refractivity contribution in [1.82, 2.24) is 20.2 Å². The molecule has 0 atom stereocenters. The van der Waals surface area contributed by atoms with Crippen LogP contribution in [0, 0.1) is 5.41 Å². The fourth-order valence-electron chi connectivity index (χ4n) is 1.20. The van der Waals surface area contributed by atoms with E-state index in [0.717, 1.165) is 11.6 Å². The molecule has 2 aromatic rings. The molecule has 2 rings (SSSR count). The van der Waals surface area contributed by atoms with Crippen molar-refractivity contribution in [3.05, 3.63) is 30.3 Å². The van der Waals surface area contributed by atoms with Gasteiger partial charge in [0.05, 0.1) is 10.8 Å². The summed E-state index contributed by atoms with van der Waals surface area (Å²) in [4.78, 5) is 1.87. The molecule has 1 heterocycles. The predicted molar refractivity (Wildman–Crippen MR) is 68.8 cm³/mol. The van der Waals surface area contributed by atoms with E-state index in [0.29, 0.717) is 0 Å². The maximum atomic E-state index is 5.77. The lowest BCUT2D eigenvalue weighted by atomic mass is 10.3. The monoisotopic (exact) mass is 248 g/mol. The van der Waals surface area contributed by atoms with Crippen LogP contribution in [0.4, 0.5) is 5.95 Å². The van der Waals surface area contributed by atoms with Gasteiger partial charge in [-0.1, -0.05) is 23.3 Å². The smallest absolute Gasteiger partial charge is 0.249 e. The molecule has 0 aliphatic carbocycles. The van der Waals surface area contributed by atoms with E-state index in [1.165, 1.54) is 0 Å². The Morgan fingerprint density at radius 1 is 1.29 bits per heavy atom. The molecule has 0 unspecified atom stereocenters. The standard InChI is InChI=1S/C9H11N5.CHNS/c1-13(2)9-10-11-12-14(9)8-6-4-3-5-7-8;2-1-3/h3-7H,1-2H3;2H. The van der Waals surface area contributed by atoms with Crippen molar-refractivity contribution in [2.24, 2.45) is 0 Å². The van der Waals surface area contributed by atoms with Crippen LogP contribution in [0.25, 0.3) is 5.69 Å². The zero-order valence-corrected chi connectivity index (χ0v) is 10.3. The lowest BCUT2D eigenvalue weighted by Crippen LogP contribution is -2.15. The minimum Gasteiger partial charge on any atom is -0.345 e. The SMILES string of the molecule is CN(C)c1nnnn1-c1ccccc1.N=C=S. The van der Waals surface area contributed by atoms with E-state index >= 15 is 0 Å². The van der Waals surface area contributed by atoms with Crippen LogP contribution in [0.3, 0.4) is 0 Å². The molecule has 7 heteroatoms. The molecular formula is C10H12N6S. The molecule has 0 radical (unpaired) electrons. The van der Waals surface area contributed by atoms with Crippen LogP contribution in [0.15, 0.2) is 30.3 Å². The van der Waals surface area contributed by atoms with Gasteiger partial charge in [-0.15, -0.1) is 0 Å². The van der Waals surface area contributed by atoms with Crippen molar-refractivity contribution in [3.63, 3.8) is 0 Å². The zero-order valence-electron chi connectivity index (χ0n) is 9.53. The number of isothiocyanates is 1. The summed E-state index contributed by atoms with van der Waals surface area (Å²) >= 11 is 3.81. The molecule has 6 nitrogen and oxygen atoms in total. The minimum absolute atomic E-state index is 0.719. The Morgan fingerprint density at radius 2 is 1.88 bits per heavy atom. The molecule has 0 amide bonds. The first-order chi connectivity index (χ1) is 8.20. The van der Waals surface area contributed by atoms with Crippen LogP contribution in [0.1, 0.15) is 0 Å². The largest absolute Gasteiger partial charge is 0.345 e. The van der Waals surface area contributed by atoms with Gasteiger partial charge >= 0.3 is 0 Å². The van der Waals surface area contributed by atoms with E-state index in [4.69, 9.17) is 5.41 Å². The first-order valence-corrected chi connectivity index (χ1v) is 5.16. The van der Waals surface area contributed by atoms with Crippen molar-refractivity contribution in [2.45, 2.75) is 0 Å². The molecule has 0 aliphatic rings. The third-order valence-electron chi connectivity index (χ3n) is 1.85. The van der Waals surface area contributed by atoms with Gasteiger partial charge in [0.25, 0.3) is 0 Å². The third-order valence-corrected chi connectivity index (χ3v) is 1.85. The quantitative estimate of drug-likeness (QED) is 0.642. The second kappa shape index (κ2) is 6.47. The molecule has 0 saturated heterocycles. The number of rotatable bonds is 2. The lowest BCUT2D eigenvalue weighted by molar-refractivity contribution is 0.784. The molecule has 0 spiro atoms. The number of hydrogen-bond acceptors (Lipinski definition) is 6. The maximum absolute atomic E-state index is 5.77. The summed E-state index contributed by atoms with van der Waals surface area (Å²) in [5, 5.41) is 18.8. The lowest BCUT2D eigenvalue weighted by Gasteiger charge is -2.10. The number of anilines is 1. The van der Waals surface area contributed by atoms with Gasteiger partial charge in [-0.3, -0.25) is 0 Å². The molecule has 0 bridgehead atoms. The number of para-hydroxylation sites is 1. The number of nitrogens with zero attached hydrogens (tertiary/aromatic N) is 5. The highest BCUT2D eigenvalue weighted by Gasteiger charge is 2.08. The van der Waals surface area contributed by atoms with Crippen LogP contribution in [0.2, 0.25) is 0 Å². The first-order valence-electron chi connectivity index (χ1n) is 4.75. The van der Waals surface area contributed by atoms with Crippen molar-refractivity contribution in [2.75, 3.05) is 19.0 Å².